The van der Waals surface area contributed by atoms with E-state index in [2.05, 4.69) is 0 Å². The van der Waals surface area contributed by atoms with E-state index >= 15 is 0 Å². The summed E-state index contributed by atoms with van der Waals surface area (Å²) < 4.78 is 42.4. The molecule has 5 heteroatoms. The van der Waals surface area contributed by atoms with Crippen LogP contribution in [0.25, 0.3) is 0 Å². The molecular weight excluding hydrogens is 221 g/mol. The predicted molar refractivity (Wildman–Crippen MR) is 52.6 cm³/mol. The van der Waals surface area contributed by atoms with Crippen molar-refractivity contribution in [3.63, 3.8) is 0 Å². The first-order valence-electron chi connectivity index (χ1n) is 4.70. The maximum absolute atomic E-state index is 12.5. The number of hydrogen-bond donors (Lipinski definition) is 0. The van der Waals surface area contributed by atoms with Gasteiger partial charge in [0.15, 0.2) is 5.78 Å². The van der Waals surface area contributed by atoms with Crippen LogP contribution in [-0.2, 0) is 6.18 Å². The number of carbonyl (C=O) groups is 1. The van der Waals surface area contributed by atoms with Crippen LogP contribution in [0.5, 0.6) is 5.75 Å². The third-order valence-electron chi connectivity index (χ3n) is 1.95. The summed E-state index contributed by atoms with van der Waals surface area (Å²) in [7, 11) is 0. The summed E-state index contributed by atoms with van der Waals surface area (Å²) >= 11 is 0. The molecule has 0 spiro atoms. The molecule has 0 unspecified atom stereocenters. The quantitative estimate of drug-likeness (QED) is 0.747. The van der Waals surface area contributed by atoms with Gasteiger partial charge in [-0.25, -0.2) is 0 Å². The molecule has 0 aromatic heterocycles. The van der Waals surface area contributed by atoms with E-state index in [1.807, 2.05) is 0 Å². The number of hydrogen-bond acceptors (Lipinski definition) is 2. The van der Waals surface area contributed by atoms with Crippen molar-refractivity contribution in [3.8, 4) is 5.75 Å². The number of benzene rings is 1. The molecule has 0 heterocycles. The zero-order chi connectivity index (χ0) is 12.3. The van der Waals surface area contributed by atoms with Crippen LogP contribution in [0.3, 0.4) is 0 Å². The van der Waals surface area contributed by atoms with E-state index in [1.165, 1.54) is 13.0 Å². The Hall–Kier alpha value is -1.52. The lowest BCUT2D eigenvalue weighted by atomic mass is 10.1. The van der Waals surface area contributed by atoms with Crippen LogP contribution in [0, 0.1) is 0 Å². The Morgan fingerprint density at radius 2 is 1.94 bits per heavy atom. The summed E-state index contributed by atoms with van der Waals surface area (Å²) in [6, 6.07) is 3.02. The summed E-state index contributed by atoms with van der Waals surface area (Å²) in [6.07, 6.45) is -4.47. The molecule has 0 saturated carbocycles. The number of ketones is 1. The van der Waals surface area contributed by atoms with Crippen molar-refractivity contribution < 1.29 is 22.7 Å². The minimum atomic E-state index is -4.47. The zero-order valence-electron chi connectivity index (χ0n) is 8.89. The van der Waals surface area contributed by atoms with Crippen LogP contribution in [0.1, 0.15) is 29.8 Å². The monoisotopic (exact) mass is 232 g/mol. The van der Waals surface area contributed by atoms with Crippen LogP contribution < -0.4 is 4.74 Å². The van der Waals surface area contributed by atoms with Gasteiger partial charge in [0.1, 0.15) is 5.75 Å². The summed E-state index contributed by atoms with van der Waals surface area (Å²) in [5.41, 5.74) is -0.873. The molecule has 1 rings (SSSR count). The Morgan fingerprint density at radius 1 is 1.31 bits per heavy atom. The molecule has 0 aliphatic rings. The largest absolute Gasteiger partial charge is 0.494 e. The van der Waals surface area contributed by atoms with Gasteiger partial charge in [0, 0.05) is 5.56 Å². The molecule has 0 radical (unpaired) electrons. The molecule has 0 amide bonds. The number of halogens is 3. The van der Waals surface area contributed by atoms with Gasteiger partial charge in [-0.05, 0) is 32.0 Å². The van der Waals surface area contributed by atoms with E-state index < -0.39 is 17.5 Å². The summed E-state index contributed by atoms with van der Waals surface area (Å²) in [4.78, 5) is 11.1. The van der Waals surface area contributed by atoms with Crippen LogP contribution in [0.4, 0.5) is 13.2 Å². The van der Waals surface area contributed by atoms with Crippen molar-refractivity contribution in [2.75, 3.05) is 6.61 Å². The Balaban J connectivity index is 3.24. The first kappa shape index (κ1) is 12.5. The lowest BCUT2D eigenvalue weighted by molar-refractivity contribution is -0.137. The standard InChI is InChI=1S/C11H11F3O2/c1-3-16-10-5-8(7(2)15)4-9(6-10)11(12,13)14/h4-6H,3H2,1-2H3. The lowest BCUT2D eigenvalue weighted by Gasteiger charge is -2.11. The Labute approximate surface area is 91.0 Å². The highest BCUT2D eigenvalue weighted by molar-refractivity contribution is 5.94. The molecule has 2 nitrogen and oxygen atoms in total. The van der Waals surface area contributed by atoms with Crippen molar-refractivity contribution in [1.29, 1.82) is 0 Å². The fourth-order valence-corrected chi connectivity index (χ4v) is 1.22. The van der Waals surface area contributed by atoms with Gasteiger partial charge in [-0.15, -0.1) is 0 Å². The molecule has 0 atom stereocenters. The van der Waals surface area contributed by atoms with E-state index in [1.54, 1.807) is 6.92 Å². The molecule has 0 aliphatic heterocycles. The highest BCUT2D eigenvalue weighted by Gasteiger charge is 2.31. The zero-order valence-corrected chi connectivity index (χ0v) is 8.89. The molecule has 16 heavy (non-hydrogen) atoms. The Morgan fingerprint density at radius 3 is 2.38 bits per heavy atom. The molecule has 1 aromatic rings. The van der Waals surface area contributed by atoms with Gasteiger partial charge < -0.3 is 4.74 Å². The normalized spacial score (nSPS) is 11.3. The van der Waals surface area contributed by atoms with Gasteiger partial charge in [-0.1, -0.05) is 0 Å². The third-order valence-corrected chi connectivity index (χ3v) is 1.95. The topological polar surface area (TPSA) is 26.3 Å². The fourth-order valence-electron chi connectivity index (χ4n) is 1.22. The molecular formula is C11H11F3O2. The first-order chi connectivity index (χ1) is 7.34. The number of carbonyl (C=O) groups excluding carboxylic acids is 1. The van der Waals surface area contributed by atoms with E-state index in [0.717, 1.165) is 12.1 Å². The Kier molecular flexibility index (Phi) is 3.57. The van der Waals surface area contributed by atoms with Crippen LogP contribution >= 0.6 is 0 Å². The van der Waals surface area contributed by atoms with Crippen molar-refractivity contribution in [2.24, 2.45) is 0 Å². The third kappa shape index (κ3) is 2.98. The molecule has 0 aliphatic carbocycles. The van der Waals surface area contributed by atoms with Crippen molar-refractivity contribution in [3.05, 3.63) is 29.3 Å². The first-order valence-corrected chi connectivity index (χ1v) is 4.70. The Bertz CT molecular complexity index is 397. The predicted octanol–water partition coefficient (Wildman–Crippen LogP) is 3.31. The van der Waals surface area contributed by atoms with E-state index in [4.69, 9.17) is 4.74 Å². The van der Waals surface area contributed by atoms with Crippen LogP contribution in [-0.4, -0.2) is 12.4 Å². The van der Waals surface area contributed by atoms with Gasteiger partial charge in [-0.3, -0.25) is 4.79 Å². The number of alkyl halides is 3. The van der Waals surface area contributed by atoms with Gasteiger partial charge in [-0.2, -0.15) is 13.2 Å². The van der Waals surface area contributed by atoms with Crippen molar-refractivity contribution in [1.82, 2.24) is 0 Å². The second kappa shape index (κ2) is 4.55. The van der Waals surface area contributed by atoms with Gasteiger partial charge in [0.2, 0.25) is 0 Å². The minimum absolute atomic E-state index is 0.00160. The molecule has 88 valence electrons. The SMILES string of the molecule is CCOc1cc(C(C)=O)cc(C(F)(F)F)c1. The molecule has 0 saturated heterocycles. The maximum Gasteiger partial charge on any atom is 0.416 e. The van der Waals surface area contributed by atoms with Crippen LogP contribution in [0.2, 0.25) is 0 Å². The molecule has 1 aromatic carbocycles. The van der Waals surface area contributed by atoms with Crippen LogP contribution in [0.15, 0.2) is 18.2 Å². The van der Waals surface area contributed by atoms with E-state index in [9.17, 15) is 18.0 Å². The highest BCUT2D eigenvalue weighted by Crippen LogP contribution is 2.32. The van der Waals surface area contributed by atoms with E-state index in [-0.39, 0.29) is 17.9 Å². The smallest absolute Gasteiger partial charge is 0.416 e. The summed E-state index contributed by atoms with van der Waals surface area (Å²) in [6.45, 7) is 3.12. The maximum atomic E-state index is 12.5. The fraction of sp³-hybridized carbons (Fsp3) is 0.364. The molecule has 0 fully saturated rings. The average Bonchev–Trinajstić information content (AvgIpc) is 2.16. The summed E-state index contributed by atoms with van der Waals surface area (Å²) in [5.74, 6) is -0.366. The average molecular weight is 232 g/mol. The lowest BCUT2D eigenvalue weighted by Crippen LogP contribution is -2.08. The van der Waals surface area contributed by atoms with Crippen molar-refractivity contribution in [2.45, 2.75) is 20.0 Å². The number of ether oxygens (including phenoxy) is 1. The second-order valence-corrected chi connectivity index (χ2v) is 3.23. The summed E-state index contributed by atoms with van der Waals surface area (Å²) in [5, 5.41) is 0. The number of rotatable bonds is 3. The molecule has 0 N–H and O–H groups in total. The second-order valence-electron chi connectivity index (χ2n) is 3.23. The minimum Gasteiger partial charge on any atom is -0.494 e. The van der Waals surface area contributed by atoms with Gasteiger partial charge in [0.25, 0.3) is 0 Å². The van der Waals surface area contributed by atoms with E-state index in [0.29, 0.717) is 0 Å². The highest BCUT2D eigenvalue weighted by atomic mass is 19.4. The number of Topliss-reactive ketones (excluding diaryl/α,β-unsaturated/α-hetero) is 1. The van der Waals surface area contributed by atoms with Gasteiger partial charge >= 0.3 is 6.18 Å². The van der Waals surface area contributed by atoms with Crippen molar-refractivity contribution >= 4 is 5.78 Å². The van der Waals surface area contributed by atoms with Gasteiger partial charge in [0.05, 0.1) is 12.2 Å². The molecule has 0 bridgehead atoms.